The molecule has 1 unspecified atom stereocenters. The van der Waals surface area contributed by atoms with Crippen LogP contribution in [0.4, 0.5) is 18.9 Å². The quantitative estimate of drug-likeness (QED) is 0.722. The molecule has 29 heavy (non-hydrogen) atoms. The van der Waals surface area contributed by atoms with Crippen LogP contribution in [0.25, 0.3) is 0 Å². The number of halogens is 3. The van der Waals surface area contributed by atoms with Gasteiger partial charge in [0.25, 0.3) is 0 Å². The molecule has 1 fully saturated rings. The molecule has 2 aromatic rings. The lowest BCUT2D eigenvalue weighted by molar-refractivity contribution is -0.171. The number of hydrogen-bond acceptors (Lipinski definition) is 3. The Morgan fingerprint density at radius 2 is 1.72 bits per heavy atom. The summed E-state index contributed by atoms with van der Waals surface area (Å²) in [4.78, 5) is 27.4. The van der Waals surface area contributed by atoms with E-state index >= 15 is 0 Å². The Hall–Kier alpha value is -2.35. The van der Waals surface area contributed by atoms with Crippen molar-refractivity contribution in [3.05, 3.63) is 52.2 Å². The molecule has 0 spiro atoms. The normalized spacial score (nSPS) is 16.3. The Morgan fingerprint density at radius 1 is 1.07 bits per heavy atom. The van der Waals surface area contributed by atoms with Gasteiger partial charge in [-0.1, -0.05) is 37.5 Å². The summed E-state index contributed by atoms with van der Waals surface area (Å²) in [5, 5.41) is 2.89. The van der Waals surface area contributed by atoms with Gasteiger partial charge in [0.05, 0.1) is 0 Å². The van der Waals surface area contributed by atoms with E-state index < -0.39 is 24.0 Å². The highest BCUT2D eigenvalue weighted by molar-refractivity contribution is 7.12. The first-order valence-corrected chi connectivity index (χ1v) is 10.4. The number of rotatable bonds is 5. The molecular weight excluding hydrogens is 401 g/mol. The van der Waals surface area contributed by atoms with Crippen molar-refractivity contribution in [3.63, 3.8) is 0 Å². The summed E-state index contributed by atoms with van der Waals surface area (Å²) in [6.45, 7) is 1.81. The number of nitrogens with zero attached hydrogens (tertiary/aromatic N) is 1. The molecule has 8 heteroatoms. The molecule has 2 amide bonds. The second kappa shape index (κ2) is 8.98. The smallest absolute Gasteiger partial charge is 0.351 e. The van der Waals surface area contributed by atoms with E-state index in [2.05, 4.69) is 5.32 Å². The van der Waals surface area contributed by atoms with Crippen molar-refractivity contribution in [3.8, 4) is 0 Å². The number of thiophene rings is 1. The fourth-order valence-electron chi connectivity index (χ4n) is 3.61. The van der Waals surface area contributed by atoms with Crippen LogP contribution in [0.3, 0.4) is 0 Å². The molecule has 1 saturated carbocycles. The first-order chi connectivity index (χ1) is 13.8. The number of benzene rings is 1. The van der Waals surface area contributed by atoms with Crippen molar-refractivity contribution < 1.29 is 22.8 Å². The fourth-order valence-corrected chi connectivity index (χ4v) is 4.58. The van der Waals surface area contributed by atoms with Crippen molar-refractivity contribution >= 4 is 28.8 Å². The number of alkyl halides is 3. The average Bonchev–Trinajstić information content (AvgIpc) is 3.11. The van der Waals surface area contributed by atoms with Crippen molar-refractivity contribution in [1.82, 2.24) is 5.32 Å². The topological polar surface area (TPSA) is 49.4 Å². The SMILES string of the molecule is Cc1ccc(C(C(=O)NC2CCCCC2)N(C(=O)C(F)(F)F)c2ccccc2)s1. The molecule has 3 rings (SSSR count). The number of aryl methyl sites for hydroxylation is 1. The third-order valence-electron chi connectivity index (χ3n) is 4.98. The fraction of sp³-hybridized carbons (Fsp3) is 0.429. The molecule has 1 N–H and O–H groups in total. The van der Waals surface area contributed by atoms with Gasteiger partial charge < -0.3 is 5.32 Å². The van der Waals surface area contributed by atoms with Crippen LogP contribution < -0.4 is 10.2 Å². The summed E-state index contributed by atoms with van der Waals surface area (Å²) in [6.07, 6.45) is -0.496. The molecule has 1 atom stereocenters. The highest BCUT2D eigenvalue weighted by atomic mass is 32.1. The molecule has 1 aliphatic carbocycles. The predicted molar refractivity (Wildman–Crippen MR) is 107 cm³/mol. The van der Waals surface area contributed by atoms with E-state index in [1.165, 1.54) is 23.5 Å². The first kappa shape index (κ1) is 21.4. The molecule has 4 nitrogen and oxygen atoms in total. The Labute approximate surface area is 171 Å². The van der Waals surface area contributed by atoms with E-state index in [0.29, 0.717) is 9.78 Å². The van der Waals surface area contributed by atoms with Crippen molar-refractivity contribution in [2.24, 2.45) is 0 Å². The van der Waals surface area contributed by atoms with Gasteiger partial charge in [-0.25, -0.2) is 0 Å². The van der Waals surface area contributed by atoms with Gasteiger partial charge in [-0.05, 0) is 44.0 Å². The molecule has 0 radical (unpaired) electrons. The minimum atomic E-state index is -5.11. The second-order valence-corrected chi connectivity index (χ2v) is 8.52. The highest BCUT2D eigenvalue weighted by Gasteiger charge is 2.47. The number of carbonyl (C=O) groups excluding carboxylic acids is 2. The van der Waals surface area contributed by atoms with E-state index in [1.807, 2.05) is 6.92 Å². The highest BCUT2D eigenvalue weighted by Crippen LogP contribution is 2.35. The molecule has 1 aromatic carbocycles. The zero-order chi connectivity index (χ0) is 21.0. The van der Waals surface area contributed by atoms with E-state index in [4.69, 9.17) is 0 Å². The van der Waals surface area contributed by atoms with Gasteiger partial charge in [0.15, 0.2) is 6.04 Å². The summed E-state index contributed by atoms with van der Waals surface area (Å²) in [5.41, 5.74) is 0.0321. The summed E-state index contributed by atoms with van der Waals surface area (Å²) < 4.78 is 40.4. The molecule has 1 aromatic heterocycles. The lowest BCUT2D eigenvalue weighted by atomic mass is 9.95. The minimum Gasteiger partial charge on any atom is -0.351 e. The standard InChI is InChI=1S/C21H23F3N2O2S/c1-14-12-13-17(29-14)18(19(27)25-15-8-4-2-5-9-15)26(20(28)21(22,23)24)16-10-6-3-7-11-16/h3,6-7,10-13,15,18H,2,4-5,8-9H2,1H3,(H,25,27). The van der Waals surface area contributed by atoms with Gasteiger partial charge in [-0.15, -0.1) is 11.3 Å². The largest absolute Gasteiger partial charge is 0.471 e. The number of hydrogen-bond donors (Lipinski definition) is 1. The van der Waals surface area contributed by atoms with Gasteiger partial charge in [0, 0.05) is 21.5 Å². The number of para-hydroxylation sites is 1. The van der Waals surface area contributed by atoms with Gasteiger partial charge in [0.2, 0.25) is 5.91 Å². The lowest BCUT2D eigenvalue weighted by Gasteiger charge is -2.33. The van der Waals surface area contributed by atoms with Crippen molar-refractivity contribution in [2.75, 3.05) is 4.90 Å². The van der Waals surface area contributed by atoms with E-state index in [9.17, 15) is 22.8 Å². The van der Waals surface area contributed by atoms with Gasteiger partial charge in [0.1, 0.15) is 0 Å². The number of anilines is 1. The Bertz CT molecular complexity index is 845. The number of amides is 2. The Kier molecular flexibility index (Phi) is 6.62. The molecule has 0 saturated heterocycles. The second-order valence-electron chi connectivity index (χ2n) is 7.20. The van der Waals surface area contributed by atoms with Crippen LogP contribution in [0.5, 0.6) is 0 Å². The van der Waals surface area contributed by atoms with Gasteiger partial charge in [-0.3, -0.25) is 14.5 Å². The first-order valence-electron chi connectivity index (χ1n) is 9.59. The molecule has 1 aliphatic rings. The molecule has 0 bridgehead atoms. The molecular formula is C21H23F3N2O2S. The molecule has 156 valence electrons. The zero-order valence-corrected chi connectivity index (χ0v) is 16.9. The van der Waals surface area contributed by atoms with Crippen LogP contribution >= 0.6 is 11.3 Å². The van der Waals surface area contributed by atoms with Crippen LogP contribution in [0.1, 0.15) is 47.9 Å². The average molecular weight is 424 g/mol. The summed E-state index contributed by atoms with van der Waals surface area (Å²) in [7, 11) is 0. The summed E-state index contributed by atoms with van der Waals surface area (Å²) >= 11 is 1.22. The predicted octanol–water partition coefficient (Wildman–Crippen LogP) is 5.14. The minimum absolute atomic E-state index is 0.0321. The van der Waals surface area contributed by atoms with Gasteiger partial charge in [-0.2, -0.15) is 13.2 Å². The lowest BCUT2D eigenvalue weighted by Crippen LogP contribution is -2.50. The van der Waals surface area contributed by atoms with Crippen LogP contribution in [-0.4, -0.2) is 24.0 Å². The zero-order valence-electron chi connectivity index (χ0n) is 16.0. The third-order valence-corrected chi connectivity index (χ3v) is 6.04. The van der Waals surface area contributed by atoms with Crippen LogP contribution in [0, 0.1) is 6.92 Å². The van der Waals surface area contributed by atoms with E-state index in [0.717, 1.165) is 37.0 Å². The summed E-state index contributed by atoms with van der Waals surface area (Å²) in [5.74, 6) is -2.64. The maximum absolute atomic E-state index is 13.5. The van der Waals surface area contributed by atoms with Crippen LogP contribution in [-0.2, 0) is 9.59 Å². The van der Waals surface area contributed by atoms with Crippen molar-refractivity contribution in [2.45, 2.75) is 57.3 Å². The maximum atomic E-state index is 13.5. The monoisotopic (exact) mass is 424 g/mol. The number of nitrogens with one attached hydrogen (secondary N) is 1. The third kappa shape index (κ3) is 5.18. The maximum Gasteiger partial charge on any atom is 0.471 e. The Balaban J connectivity index is 2.02. The van der Waals surface area contributed by atoms with Crippen LogP contribution in [0.15, 0.2) is 42.5 Å². The summed E-state index contributed by atoms with van der Waals surface area (Å²) in [6, 6.07) is 9.43. The van der Waals surface area contributed by atoms with Gasteiger partial charge >= 0.3 is 12.1 Å². The molecule has 0 aliphatic heterocycles. The molecule has 1 heterocycles. The van der Waals surface area contributed by atoms with Crippen LogP contribution in [0.2, 0.25) is 0 Å². The Morgan fingerprint density at radius 3 is 2.28 bits per heavy atom. The van der Waals surface area contributed by atoms with E-state index in [-0.39, 0.29) is 11.7 Å². The van der Waals surface area contributed by atoms with Crippen molar-refractivity contribution in [1.29, 1.82) is 0 Å². The number of carbonyl (C=O) groups is 2. The van der Waals surface area contributed by atoms with E-state index in [1.54, 1.807) is 30.3 Å².